The molecule has 3 aromatic carbocycles. The van der Waals surface area contributed by atoms with Gasteiger partial charge < -0.3 is 5.32 Å². The molecule has 0 aliphatic carbocycles. The van der Waals surface area contributed by atoms with Crippen molar-refractivity contribution >= 4 is 33.2 Å². The molecule has 0 aliphatic heterocycles. The van der Waals surface area contributed by atoms with Crippen LogP contribution >= 0.6 is 11.6 Å². The molecule has 5 nitrogen and oxygen atoms in total. The van der Waals surface area contributed by atoms with Gasteiger partial charge in [0.2, 0.25) is 0 Å². The van der Waals surface area contributed by atoms with Crippen molar-refractivity contribution in [3.8, 4) is 0 Å². The molecule has 0 aliphatic rings. The van der Waals surface area contributed by atoms with E-state index in [0.29, 0.717) is 11.6 Å². The molecule has 8 heteroatoms. The van der Waals surface area contributed by atoms with Gasteiger partial charge in [-0.25, -0.2) is 12.8 Å². The second kappa shape index (κ2) is 9.73. The molecule has 156 valence electrons. The number of halogens is 2. The van der Waals surface area contributed by atoms with Crippen LogP contribution in [-0.4, -0.2) is 20.9 Å². The van der Waals surface area contributed by atoms with Crippen molar-refractivity contribution < 1.29 is 17.6 Å². The number of para-hydroxylation sites is 1. The second-order valence-corrected chi connectivity index (χ2v) is 8.72. The maximum absolute atomic E-state index is 13.8. The fourth-order valence-electron chi connectivity index (χ4n) is 2.80. The predicted molar refractivity (Wildman–Crippen MR) is 116 cm³/mol. The maximum Gasteiger partial charge on any atom is 0.262 e. The topological polar surface area (TPSA) is 75.3 Å². The van der Waals surface area contributed by atoms with Gasteiger partial charge in [-0.2, -0.15) is 0 Å². The van der Waals surface area contributed by atoms with Gasteiger partial charge in [0.1, 0.15) is 5.82 Å². The zero-order valence-corrected chi connectivity index (χ0v) is 17.5. The summed E-state index contributed by atoms with van der Waals surface area (Å²) in [6, 6.07) is 18.6. The van der Waals surface area contributed by atoms with E-state index in [-0.39, 0.29) is 22.1 Å². The van der Waals surface area contributed by atoms with E-state index in [9.17, 15) is 17.6 Å². The van der Waals surface area contributed by atoms with Crippen molar-refractivity contribution in [1.29, 1.82) is 0 Å². The molecule has 0 unspecified atom stereocenters. The minimum absolute atomic E-state index is 0.125. The van der Waals surface area contributed by atoms with Gasteiger partial charge >= 0.3 is 0 Å². The summed E-state index contributed by atoms with van der Waals surface area (Å²) in [4.78, 5) is 12.3. The fraction of sp³-hybridized carbons (Fsp3) is 0.136. The van der Waals surface area contributed by atoms with Crippen LogP contribution in [0.4, 0.5) is 10.1 Å². The number of sulfonamides is 1. The van der Waals surface area contributed by atoms with Crippen LogP contribution in [-0.2, 0) is 16.4 Å². The molecule has 0 aromatic heterocycles. The molecule has 1 amide bonds. The van der Waals surface area contributed by atoms with Gasteiger partial charge in [-0.3, -0.25) is 9.52 Å². The predicted octanol–water partition coefficient (Wildman–Crippen LogP) is 4.64. The number of aryl methyl sites for hydroxylation is 1. The lowest BCUT2D eigenvalue weighted by Crippen LogP contribution is -2.25. The first-order valence-electron chi connectivity index (χ1n) is 9.25. The monoisotopic (exact) mass is 446 g/mol. The standard InChI is InChI=1S/C22H20ClFN2O3S/c23-18-12-10-16(11-13-18)5-4-14-25-22(27)17-6-3-7-19(15-17)30(28,29)26-21-9-2-1-8-20(21)24/h1-3,6-13,15,26H,4-5,14H2,(H,25,27). The fourth-order valence-corrected chi connectivity index (χ4v) is 4.04. The van der Waals surface area contributed by atoms with E-state index in [1.807, 2.05) is 24.3 Å². The number of amides is 1. The van der Waals surface area contributed by atoms with Gasteiger partial charge in [0.05, 0.1) is 10.6 Å². The Bertz CT molecular complexity index is 1140. The molecule has 0 spiro atoms. The Balaban J connectivity index is 1.60. The summed E-state index contributed by atoms with van der Waals surface area (Å²) >= 11 is 5.86. The lowest BCUT2D eigenvalue weighted by Gasteiger charge is -2.10. The van der Waals surface area contributed by atoms with Crippen LogP contribution in [0.15, 0.2) is 77.7 Å². The van der Waals surface area contributed by atoms with Crippen molar-refractivity contribution in [2.45, 2.75) is 17.7 Å². The molecule has 3 rings (SSSR count). The number of hydrogen-bond acceptors (Lipinski definition) is 3. The molecule has 30 heavy (non-hydrogen) atoms. The zero-order valence-electron chi connectivity index (χ0n) is 15.9. The number of carbonyl (C=O) groups is 1. The smallest absolute Gasteiger partial charge is 0.262 e. The summed E-state index contributed by atoms with van der Waals surface area (Å²) in [5.74, 6) is -1.07. The van der Waals surface area contributed by atoms with Crippen LogP contribution < -0.4 is 10.0 Å². The van der Waals surface area contributed by atoms with Gasteiger partial charge in [0, 0.05) is 17.1 Å². The summed E-state index contributed by atoms with van der Waals surface area (Å²) in [6.45, 7) is 0.436. The molecule has 0 fully saturated rings. The van der Waals surface area contributed by atoms with Crippen molar-refractivity contribution in [3.63, 3.8) is 0 Å². The average molecular weight is 447 g/mol. The van der Waals surface area contributed by atoms with Crippen LogP contribution in [0.1, 0.15) is 22.3 Å². The molecule has 0 bridgehead atoms. The molecule has 0 radical (unpaired) electrons. The van der Waals surface area contributed by atoms with Crippen molar-refractivity contribution in [2.24, 2.45) is 0 Å². The minimum atomic E-state index is -4.04. The molecule has 0 saturated carbocycles. The number of rotatable bonds is 8. The van der Waals surface area contributed by atoms with Gasteiger partial charge in [-0.15, -0.1) is 0 Å². The number of anilines is 1. The summed E-state index contributed by atoms with van der Waals surface area (Å²) < 4.78 is 41.1. The highest BCUT2D eigenvalue weighted by Gasteiger charge is 2.18. The third-order valence-electron chi connectivity index (χ3n) is 4.37. The quantitative estimate of drug-likeness (QED) is 0.495. The van der Waals surface area contributed by atoms with Gasteiger partial charge in [-0.1, -0.05) is 41.9 Å². The van der Waals surface area contributed by atoms with Crippen molar-refractivity contribution in [1.82, 2.24) is 5.32 Å². The highest BCUT2D eigenvalue weighted by atomic mass is 35.5. The summed E-state index contributed by atoms with van der Waals surface area (Å²) in [5.41, 5.74) is 1.16. The molecule has 2 N–H and O–H groups in total. The van der Waals surface area contributed by atoms with E-state index in [4.69, 9.17) is 11.6 Å². The Hall–Kier alpha value is -2.90. The van der Waals surface area contributed by atoms with E-state index >= 15 is 0 Å². The Labute approximate surface area is 179 Å². The Morgan fingerprint density at radius 1 is 0.967 bits per heavy atom. The third kappa shape index (κ3) is 5.81. The average Bonchev–Trinajstić information content (AvgIpc) is 2.74. The van der Waals surface area contributed by atoms with Gasteiger partial charge in [0.25, 0.3) is 15.9 Å². The van der Waals surface area contributed by atoms with E-state index < -0.39 is 15.8 Å². The van der Waals surface area contributed by atoms with Crippen LogP contribution in [0.2, 0.25) is 5.02 Å². The molecule has 0 atom stereocenters. The lowest BCUT2D eigenvalue weighted by atomic mass is 10.1. The lowest BCUT2D eigenvalue weighted by molar-refractivity contribution is 0.0953. The van der Waals surface area contributed by atoms with E-state index in [2.05, 4.69) is 10.0 Å². The van der Waals surface area contributed by atoms with Crippen LogP contribution in [0.25, 0.3) is 0 Å². The molecular weight excluding hydrogens is 427 g/mol. The summed E-state index contributed by atoms with van der Waals surface area (Å²) in [5, 5.41) is 3.45. The second-order valence-electron chi connectivity index (χ2n) is 6.60. The number of nitrogens with one attached hydrogen (secondary N) is 2. The normalized spacial score (nSPS) is 11.1. The molecule has 3 aromatic rings. The Morgan fingerprint density at radius 3 is 2.43 bits per heavy atom. The SMILES string of the molecule is O=C(NCCCc1ccc(Cl)cc1)c1cccc(S(=O)(=O)Nc2ccccc2F)c1. The minimum Gasteiger partial charge on any atom is -0.352 e. The maximum atomic E-state index is 13.8. The number of hydrogen-bond donors (Lipinski definition) is 2. The first-order valence-corrected chi connectivity index (χ1v) is 11.1. The highest BCUT2D eigenvalue weighted by Crippen LogP contribution is 2.19. The van der Waals surface area contributed by atoms with E-state index in [0.717, 1.165) is 24.5 Å². The summed E-state index contributed by atoms with van der Waals surface area (Å²) in [6.07, 6.45) is 1.50. The Kier molecular flexibility index (Phi) is 7.07. The molecular formula is C22H20ClFN2O3S. The highest BCUT2D eigenvalue weighted by molar-refractivity contribution is 7.92. The van der Waals surface area contributed by atoms with E-state index in [1.54, 1.807) is 0 Å². The zero-order chi connectivity index (χ0) is 21.6. The van der Waals surface area contributed by atoms with Crippen molar-refractivity contribution in [2.75, 3.05) is 11.3 Å². The first kappa shape index (κ1) is 21.8. The molecule has 0 heterocycles. The third-order valence-corrected chi connectivity index (χ3v) is 5.98. The summed E-state index contributed by atoms with van der Waals surface area (Å²) in [7, 11) is -4.04. The van der Waals surface area contributed by atoms with Crippen LogP contribution in [0.5, 0.6) is 0 Å². The van der Waals surface area contributed by atoms with Gasteiger partial charge in [0.15, 0.2) is 0 Å². The van der Waals surface area contributed by atoms with Crippen LogP contribution in [0, 0.1) is 5.82 Å². The van der Waals surface area contributed by atoms with Crippen LogP contribution in [0.3, 0.4) is 0 Å². The number of carbonyl (C=O) groups excluding carboxylic acids is 1. The first-order chi connectivity index (χ1) is 14.3. The molecule has 0 saturated heterocycles. The Morgan fingerprint density at radius 2 is 1.70 bits per heavy atom. The number of benzene rings is 3. The largest absolute Gasteiger partial charge is 0.352 e. The van der Waals surface area contributed by atoms with E-state index in [1.165, 1.54) is 42.5 Å². The van der Waals surface area contributed by atoms with Crippen molar-refractivity contribution in [3.05, 3.63) is 94.8 Å². The van der Waals surface area contributed by atoms with Gasteiger partial charge in [-0.05, 0) is 60.9 Å².